The van der Waals surface area contributed by atoms with Gasteiger partial charge >= 0.3 is 0 Å². The lowest BCUT2D eigenvalue weighted by Gasteiger charge is -2.29. The van der Waals surface area contributed by atoms with Crippen LogP contribution in [0.4, 0.5) is 0 Å². The number of pyridine rings is 1. The number of fused-ring (bicyclic) bond motifs is 1. The summed E-state index contributed by atoms with van der Waals surface area (Å²) in [5.41, 5.74) is 7.80. The van der Waals surface area contributed by atoms with Crippen LogP contribution in [-0.4, -0.2) is 22.8 Å². The molecule has 3 rings (SSSR count). The molecule has 0 aliphatic heterocycles. The third-order valence-corrected chi connectivity index (χ3v) is 5.73. The van der Waals surface area contributed by atoms with Crippen LogP contribution in [0.15, 0.2) is 36.5 Å². The molecule has 27 heavy (non-hydrogen) atoms. The van der Waals surface area contributed by atoms with Crippen molar-refractivity contribution < 1.29 is 9.59 Å². The molecule has 1 aromatic heterocycles. The zero-order valence-electron chi connectivity index (χ0n) is 16.2. The molecular weight excluding hydrogens is 338 g/mol. The standard InChI is InChI=1S/C22H29N3O2/c1-14(2)21(22(23)27)25-20(26)13-15-7-9-16(10-8-15)17-11-12-24-19-6-4-3-5-18(17)19/h3-6,11-12,14-16,21H,7-10,13H2,1-2H3,(H2,23,27)(H,25,26)/t15-,16+,21-/m1/s1. The molecule has 5 heteroatoms. The third kappa shape index (κ3) is 4.65. The van der Waals surface area contributed by atoms with Crippen molar-refractivity contribution in [1.82, 2.24) is 10.3 Å². The van der Waals surface area contributed by atoms with Gasteiger partial charge in [-0.2, -0.15) is 0 Å². The molecule has 0 saturated heterocycles. The number of nitrogens with one attached hydrogen (secondary N) is 1. The van der Waals surface area contributed by atoms with E-state index in [1.54, 1.807) is 0 Å². The first-order valence-electron chi connectivity index (χ1n) is 9.88. The second-order valence-electron chi connectivity index (χ2n) is 8.03. The molecule has 1 heterocycles. The van der Waals surface area contributed by atoms with Crippen molar-refractivity contribution in [3.05, 3.63) is 42.1 Å². The van der Waals surface area contributed by atoms with E-state index in [1.807, 2.05) is 26.1 Å². The minimum absolute atomic E-state index is 0.00200. The predicted molar refractivity (Wildman–Crippen MR) is 107 cm³/mol. The first-order valence-corrected chi connectivity index (χ1v) is 9.88. The fourth-order valence-electron chi connectivity index (χ4n) is 4.21. The average Bonchev–Trinajstić information content (AvgIpc) is 2.66. The molecule has 3 N–H and O–H groups in total. The largest absolute Gasteiger partial charge is 0.368 e. The minimum Gasteiger partial charge on any atom is -0.368 e. The summed E-state index contributed by atoms with van der Waals surface area (Å²) in [6.07, 6.45) is 6.58. The van der Waals surface area contributed by atoms with Gasteiger partial charge in [0.25, 0.3) is 0 Å². The van der Waals surface area contributed by atoms with E-state index in [0.717, 1.165) is 31.2 Å². The van der Waals surface area contributed by atoms with Gasteiger partial charge in [-0.3, -0.25) is 14.6 Å². The van der Waals surface area contributed by atoms with E-state index in [2.05, 4.69) is 34.6 Å². The summed E-state index contributed by atoms with van der Waals surface area (Å²) in [5.74, 6) is 0.361. The minimum atomic E-state index is -0.586. The van der Waals surface area contributed by atoms with E-state index < -0.39 is 11.9 Å². The van der Waals surface area contributed by atoms with E-state index in [-0.39, 0.29) is 11.8 Å². The maximum atomic E-state index is 12.3. The second kappa shape index (κ2) is 8.51. The molecule has 1 saturated carbocycles. The Hall–Kier alpha value is -2.43. The van der Waals surface area contributed by atoms with Gasteiger partial charge in [0.2, 0.25) is 11.8 Å². The number of carbonyl (C=O) groups excluding carboxylic acids is 2. The normalized spacial score (nSPS) is 21.1. The molecule has 5 nitrogen and oxygen atoms in total. The van der Waals surface area contributed by atoms with Gasteiger partial charge in [-0.05, 0) is 61.1 Å². The highest BCUT2D eigenvalue weighted by atomic mass is 16.2. The molecule has 0 bridgehead atoms. The van der Waals surface area contributed by atoms with Crippen LogP contribution in [0.25, 0.3) is 10.9 Å². The van der Waals surface area contributed by atoms with Crippen LogP contribution in [0.3, 0.4) is 0 Å². The van der Waals surface area contributed by atoms with Gasteiger partial charge in [0.15, 0.2) is 0 Å². The molecule has 0 spiro atoms. The summed E-state index contributed by atoms with van der Waals surface area (Å²) in [4.78, 5) is 28.3. The topological polar surface area (TPSA) is 85.1 Å². The van der Waals surface area contributed by atoms with Gasteiger partial charge in [0.05, 0.1) is 5.52 Å². The van der Waals surface area contributed by atoms with Crippen LogP contribution in [0.5, 0.6) is 0 Å². The van der Waals surface area contributed by atoms with Crippen molar-refractivity contribution in [3.63, 3.8) is 0 Å². The Morgan fingerprint density at radius 2 is 1.85 bits per heavy atom. The van der Waals surface area contributed by atoms with E-state index in [4.69, 9.17) is 5.73 Å². The van der Waals surface area contributed by atoms with Gasteiger partial charge in [-0.1, -0.05) is 32.0 Å². The first kappa shape index (κ1) is 19.3. The summed E-state index contributed by atoms with van der Waals surface area (Å²) >= 11 is 0. The Morgan fingerprint density at radius 1 is 1.15 bits per heavy atom. The van der Waals surface area contributed by atoms with Crippen LogP contribution in [0, 0.1) is 11.8 Å². The van der Waals surface area contributed by atoms with Crippen molar-refractivity contribution >= 4 is 22.7 Å². The smallest absolute Gasteiger partial charge is 0.240 e. The molecule has 2 aromatic rings. The Labute approximate surface area is 160 Å². The molecule has 1 aromatic carbocycles. The first-order chi connectivity index (χ1) is 13.0. The van der Waals surface area contributed by atoms with Crippen molar-refractivity contribution in [2.24, 2.45) is 17.6 Å². The molecule has 1 atom stereocenters. The predicted octanol–water partition coefficient (Wildman–Crippen LogP) is 3.52. The molecule has 1 aliphatic carbocycles. The molecule has 0 unspecified atom stereocenters. The lowest BCUT2D eigenvalue weighted by molar-refractivity contribution is -0.129. The summed E-state index contributed by atoms with van der Waals surface area (Å²) in [6.45, 7) is 3.78. The van der Waals surface area contributed by atoms with Crippen molar-refractivity contribution in [2.75, 3.05) is 0 Å². The number of para-hydroxylation sites is 1. The number of amides is 2. The Morgan fingerprint density at radius 3 is 2.52 bits per heavy atom. The van der Waals surface area contributed by atoms with Crippen molar-refractivity contribution in [1.29, 1.82) is 0 Å². The highest BCUT2D eigenvalue weighted by molar-refractivity contribution is 5.86. The summed E-state index contributed by atoms with van der Waals surface area (Å²) < 4.78 is 0. The maximum Gasteiger partial charge on any atom is 0.240 e. The van der Waals surface area contributed by atoms with Crippen molar-refractivity contribution in [2.45, 2.75) is 57.9 Å². The van der Waals surface area contributed by atoms with E-state index in [9.17, 15) is 9.59 Å². The number of rotatable bonds is 6. The fourth-order valence-corrected chi connectivity index (χ4v) is 4.21. The number of primary amides is 1. The number of benzene rings is 1. The van der Waals surface area contributed by atoms with E-state index in [1.165, 1.54) is 10.9 Å². The van der Waals surface area contributed by atoms with Crippen molar-refractivity contribution in [3.8, 4) is 0 Å². The lowest BCUT2D eigenvalue weighted by atomic mass is 9.77. The van der Waals surface area contributed by atoms with Crippen LogP contribution < -0.4 is 11.1 Å². The van der Waals surface area contributed by atoms with Gasteiger partial charge < -0.3 is 11.1 Å². The molecule has 2 amide bonds. The number of carbonyl (C=O) groups is 2. The molecule has 144 valence electrons. The number of nitrogens with two attached hydrogens (primary N) is 1. The van der Waals surface area contributed by atoms with E-state index >= 15 is 0 Å². The van der Waals surface area contributed by atoms with Crippen LogP contribution >= 0.6 is 0 Å². The second-order valence-corrected chi connectivity index (χ2v) is 8.03. The highest BCUT2D eigenvalue weighted by Gasteiger charge is 2.27. The Bertz CT molecular complexity index is 805. The summed E-state index contributed by atoms with van der Waals surface area (Å²) in [6, 6.07) is 9.83. The van der Waals surface area contributed by atoms with Crippen LogP contribution in [0.1, 0.15) is 57.4 Å². The maximum absolute atomic E-state index is 12.3. The zero-order valence-corrected chi connectivity index (χ0v) is 16.2. The molecule has 1 aliphatic rings. The van der Waals surface area contributed by atoms with E-state index in [0.29, 0.717) is 18.3 Å². The number of nitrogens with zero attached hydrogens (tertiary/aromatic N) is 1. The van der Waals surface area contributed by atoms with Gasteiger partial charge in [0, 0.05) is 18.0 Å². The van der Waals surface area contributed by atoms with Gasteiger partial charge in [0.1, 0.15) is 6.04 Å². The molecular formula is C22H29N3O2. The molecule has 0 radical (unpaired) electrons. The van der Waals surface area contributed by atoms with Crippen LogP contribution in [-0.2, 0) is 9.59 Å². The third-order valence-electron chi connectivity index (χ3n) is 5.73. The monoisotopic (exact) mass is 367 g/mol. The lowest BCUT2D eigenvalue weighted by Crippen LogP contribution is -2.48. The highest BCUT2D eigenvalue weighted by Crippen LogP contribution is 2.39. The Balaban J connectivity index is 1.57. The number of hydrogen-bond donors (Lipinski definition) is 2. The number of hydrogen-bond acceptors (Lipinski definition) is 3. The van der Waals surface area contributed by atoms with Crippen LogP contribution in [0.2, 0.25) is 0 Å². The number of aromatic nitrogens is 1. The van der Waals surface area contributed by atoms with Gasteiger partial charge in [-0.25, -0.2) is 0 Å². The average molecular weight is 367 g/mol. The van der Waals surface area contributed by atoms with Gasteiger partial charge in [-0.15, -0.1) is 0 Å². The summed E-state index contributed by atoms with van der Waals surface area (Å²) in [5, 5.41) is 4.05. The quantitative estimate of drug-likeness (QED) is 0.819. The SMILES string of the molecule is CC(C)[C@@H](NC(=O)C[C@H]1CC[C@@H](c2ccnc3ccccc32)CC1)C(N)=O. The fraction of sp³-hybridized carbons (Fsp3) is 0.500. The Kier molecular flexibility index (Phi) is 6.09. The molecule has 1 fully saturated rings. The summed E-state index contributed by atoms with van der Waals surface area (Å²) in [7, 11) is 0. The zero-order chi connectivity index (χ0) is 19.4.